The van der Waals surface area contributed by atoms with Crippen LogP contribution in [0.15, 0.2) is 51.2 Å². The zero-order valence-corrected chi connectivity index (χ0v) is 14.1. The third-order valence-corrected chi connectivity index (χ3v) is 4.58. The first kappa shape index (κ1) is 15.5. The first-order chi connectivity index (χ1) is 12.1. The summed E-state index contributed by atoms with van der Waals surface area (Å²) >= 11 is 6.28. The number of rotatable bonds is 1. The summed E-state index contributed by atoms with van der Waals surface area (Å²) < 4.78 is 11.7. The minimum atomic E-state index is -0.128. The highest BCUT2D eigenvalue weighted by Crippen LogP contribution is 2.36. The molecule has 1 aliphatic rings. The molecule has 1 aliphatic heterocycles. The molecule has 0 bridgehead atoms. The van der Waals surface area contributed by atoms with E-state index in [1.54, 1.807) is 31.2 Å². The van der Waals surface area contributed by atoms with Crippen LogP contribution in [0, 0.1) is 18.3 Å². The average Bonchev–Trinajstić information content (AvgIpc) is 2.64. The summed E-state index contributed by atoms with van der Waals surface area (Å²) in [7, 11) is 0. The van der Waals surface area contributed by atoms with Gasteiger partial charge < -0.3 is 9.15 Å². The number of fused-ring (bicyclic) bond motifs is 3. The number of hydrogen-bond donors (Lipinski definition) is 0. The third-order valence-electron chi connectivity index (χ3n) is 4.25. The third kappa shape index (κ3) is 2.41. The predicted molar refractivity (Wildman–Crippen MR) is 96.8 cm³/mol. The van der Waals surface area contributed by atoms with Crippen LogP contribution in [0.5, 0.6) is 5.75 Å². The van der Waals surface area contributed by atoms with Crippen molar-refractivity contribution in [1.29, 1.82) is 5.26 Å². The van der Waals surface area contributed by atoms with Crippen LogP contribution in [-0.4, -0.2) is 6.61 Å². The van der Waals surface area contributed by atoms with Crippen molar-refractivity contribution in [2.45, 2.75) is 6.92 Å². The summed E-state index contributed by atoms with van der Waals surface area (Å²) in [6, 6.07) is 12.7. The van der Waals surface area contributed by atoms with Gasteiger partial charge in [0, 0.05) is 11.1 Å². The van der Waals surface area contributed by atoms with Gasteiger partial charge in [0.15, 0.2) is 5.43 Å². The predicted octanol–water partition coefficient (Wildman–Crippen LogP) is 4.72. The SMILES string of the molecule is Cc1c(-c2ccccc2Cl)oc2c3c(ccc2c1=O)OCC(C#N)=C3. The van der Waals surface area contributed by atoms with Gasteiger partial charge >= 0.3 is 0 Å². The highest BCUT2D eigenvalue weighted by molar-refractivity contribution is 6.33. The van der Waals surface area contributed by atoms with Gasteiger partial charge in [0.05, 0.1) is 27.6 Å². The number of halogens is 1. The molecule has 0 N–H and O–H groups in total. The summed E-state index contributed by atoms with van der Waals surface area (Å²) in [5, 5.41) is 10.1. The molecule has 0 radical (unpaired) electrons. The van der Waals surface area contributed by atoms with Crippen molar-refractivity contribution in [3.63, 3.8) is 0 Å². The maximum absolute atomic E-state index is 12.8. The fourth-order valence-corrected chi connectivity index (χ4v) is 3.18. The van der Waals surface area contributed by atoms with E-state index < -0.39 is 0 Å². The van der Waals surface area contributed by atoms with Crippen LogP contribution in [0.2, 0.25) is 5.02 Å². The molecule has 0 atom stereocenters. The van der Waals surface area contributed by atoms with Gasteiger partial charge in [-0.1, -0.05) is 23.7 Å². The number of benzene rings is 2. The molecular formula is C20H12ClNO3. The van der Waals surface area contributed by atoms with Crippen LogP contribution in [-0.2, 0) is 0 Å². The van der Waals surface area contributed by atoms with E-state index in [9.17, 15) is 4.79 Å². The van der Waals surface area contributed by atoms with E-state index in [0.29, 0.717) is 49.8 Å². The van der Waals surface area contributed by atoms with Gasteiger partial charge in [-0.25, -0.2) is 0 Å². The Morgan fingerprint density at radius 1 is 1.20 bits per heavy atom. The lowest BCUT2D eigenvalue weighted by Gasteiger charge is -2.17. The van der Waals surface area contributed by atoms with E-state index in [-0.39, 0.29) is 12.0 Å². The molecule has 2 heterocycles. The normalized spacial score (nSPS) is 12.9. The molecule has 0 spiro atoms. The van der Waals surface area contributed by atoms with Gasteiger partial charge in [0.25, 0.3) is 0 Å². The van der Waals surface area contributed by atoms with Crippen molar-refractivity contribution < 1.29 is 9.15 Å². The molecule has 25 heavy (non-hydrogen) atoms. The van der Waals surface area contributed by atoms with Crippen LogP contribution >= 0.6 is 11.6 Å². The van der Waals surface area contributed by atoms with Crippen LogP contribution in [0.4, 0.5) is 0 Å². The smallest absolute Gasteiger partial charge is 0.196 e. The first-order valence-electron chi connectivity index (χ1n) is 7.69. The molecule has 5 heteroatoms. The largest absolute Gasteiger partial charge is 0.487 e. The molecule has 0 unspecified atom stereocenters. The minimum absolute atomic E-state index is 0.128. The summed E-state index contributed by atoms with van der Waals surface area (Å²) in [5.74, 6) is 1.01. The Hall–Kier alpha value is -3.03. The number of nitriles is 1. The monoisotopic (exact) mass is 349 g/mol. The molecular weight excluding hydrogens is 338 g/mol. The van der Waals surface area contributed by atoms with Gasteiger partial charge in [-0.15, -0.1) is 0 Å². The van der Waals surface area contributed by atoms with Crippen molar-refractivity contribution in [1.82, 2.24) is 0 Å². The Morgan fingerprint density at radius 2 is 2.00 bits per heavy atom. The topological polar surface area (TPSA) is 63.2 Å². The van der Waals surface area contributed by atoms with Gasteiger partial charge in [0.1, 0.15) is 23.7 Å². The maximum atomic E-state index is 12.8. The van der Waals surface area contributed by atoms with Crippen LogP contribution in [0.25, 0.3) is 28.4 Å². The quantitative estimate of drug-likeness (QED) is 0.637. The van der Waals surface area contributed by atoms with Crippen LogP contribution in [0.1, 0.15) is 11.1 Å². The van der Waals surface area contributed by atoms with Gasteiger partial charge in [-0.3, -0.25) is 4.79 Å². The van der Waals surface area contributed by atoms with E-state index in [2.05, 4.69) is 6.07 Å². The van der Waals surface area contributed by atoms with Crippen molar-refractivity contribution >= 4 is 28.6 Å². The molecule has 0 saturated carbocycles. The molecule has 3 aromatic rings. The second-order valence-corrected chi connectivity index (χ2v) is 6.20. The van der Waals surface area contributed by atoms with Crippen LogP contribution in [0.3, 0.4) is 0 Å². The number of nitrogens with zero attached hydrogens (tertiary/aromatic N) is 1. The molecule has 0 saturated heterocycles. The van der Waals surface area contributed by atoms with E-state index in [1.807, 2.05) is 18.2 Å². The fraction of sp³-hybridized carbons (Fsp3) is 0.100. The summed E-state index contributed by atoms with van der Waals surface area (Å²) in [6.07, 6.45) is 1.70. The van der Waals surface area contributed by atoms with Crippen molar-refractivity contribution in [3.8, 4) is 23.1 Å². The second kappa shape index (κ2) is 5.80. The van der Waals surface area contributed by atoms with Gasteiger partial charge in [-0.05, 0) is 37.3 Å². The summed E-state index contributed by atoms with van der Waals surface area (Å²) in [5.41, 5.74) is 2.49. The molecule has 122 valence electrons. The molecule has 0 amide bonds. The van der Waals surface area contributed by atoms with Gasteiger partial charge in [-0.2, -0.15) is 5.26 Å². The standard InChI is InChI=1S/C20H12ClNO3/c1-11-18(23)14-6-7-17-15(8-12(9-22)10-24-17)20(14)25-19(11)13-4-2-3-5-16(13)21/h2-8H,10H2,1H3. The highest BCUT2D eigenvalue weighted by Gasteiger charge is 2.21. The van der Waals surface area contributed by atoms with Crippen molar-refractivity contribution in [2.24, 2.45) is 0 Å². The Bertz CT molecular complexity index is 1150. The molecule has 4 nitrogen and oxygen atoms in total. The Labute approximate surface area is 148 Å². The lowest BCUT2D eigenvalue weighted by atomic mass is 10.0. The van der Waals surface area contributed by atoms with Crippen LogP contribution < -0.4 is 10.2 Å². The maximum Gasteiger partial charge on any atom is 0.196 e. The summed E-state index contributed by atoms with van der Waals surface area (Å²) in [6.45, 7) is 1.93. The minimum Gasteiger partial charge on any atom is -0.487 e. The van der Waals surface area contributed by atoms with E-state index in [4.69, 9.17) is 26.0 Å². The summed E-state index contributed by atoms with van der Waals surface area (Å²) in [4.78, 5) is 12.8. The molecule has 1 aromatic heterocycles. The lowest BCUT2D eigenvalue weighted by molar-refractivity contribution is 0.351. The van der Waals surface area contributed by atoms with E-state index >= 15 is 0 Å². The van der Waals surface area contributed by atoms with E-state index in [0.717, 1.165) is 0 Å². The van der Waals surface area contributed by atoms with Crippen molar-refractivity contribution in [3.05, 3.63) is 68.3 Å². The number of ether oxygens (including phenoxy) is 1. The average molecular weight is 350 g/mol. The molecule has 2 aromatic carbocycles. The molecule has 0 aliphatic carbocycles. The van der Waals surface area contributed by atoms with E-state index in [1.165, 1.54) is 0 Å². The Kier molecular flexibility index (Phi) is 3.60. The highest BCUT2D eigenvalue weighted by atomic mass is 35.5. The fourth-order valence-electron chi connectivity index (χ4n) is 2.95. The zero-order valence-electron chi connectivity index (χ0n) is 13.3. The first-order valence-corrected chi connectivity index (χ1v) is 8.06. The molecule has 0 fully saturated rings. The second-order valence-electron chi connectivity index (χ2n) is 5.79. The Morgan fingerprint density at radius 3 is 2.76 bits per heavy atom. The zero-order chi connectivity index (χ0) is 17.6. The van der Waals surface area contributed by atoms with Crippen molar-refractivity contribution in [2.75, 3.05) is 6.61 Å². The molecule has 4 rings (SSSR count). The van der Waals surface area contributed by atoms with Gasteiger partial charge in [0.2, 0.25) is 0 Å². The number of hydrogen-bond acceptors (Lipinski definition) is 4. The Balaban J connectivity index is 2.11. The lowest BCUT2D eigenvalue weighted by Crippen LogP contribution is -2.11.